The summed E-state index contributed by atoms with van der Waals surface area (Å²) >= 11 is 0. The van der Waals surface area contributed by atoms with Crippen LogP contribution in [0.2, 0.25) is 0 Å². The molecule has 0 aliphatic carbocycles. The Morgan fingerprint density at radius 1 is 0.435 bits per heavy atom. The average Bonchev–Trinajstić information content (AvgIpc) is 3.27. The predicted molar refractivity (Wildman–Crippen MR) is 269 cm³/mol. The summed E-state index contributed by atoms with van der Waals surface area (Å²) in [5.74, 6) is -0.173. The maximum atomic E-state index is 12.4. The SMILES string of the molecule is CCCCCCCCC/C=C\CCCCCCCC(=O)OCCCCCC/C=C\CCCC(=O)NC(CO)C(O)/C=C/CCCCCCCCCCCCCCCCCCCC. The number of aliphatic hydroxyl groups is 2. The van der Waals surface area contributed by atoms with Crippen molar-refractivity contribution in [2.45, 2.75) is 296 Å². The van der Waals surface area contributed by atoms with Crippen LogP contribution in [0.15, 0.2) is 36.5 Å². The topological polar surface area (TPSA) is 95.9 Å². The van der Waals surface area contributed by atoms with Gasteiger partial charge in [0.2, 0.25) is 5.91 Å². The first-order valence-electron chi connectivity index (χ1n) is 27.3. The summed E-state index contributed by atoms with van der Waals surface area (Å²) in [7, 11) is 0. The van der Waals surface area contributed by atoms with Crippen LogP contribution in [0.4, 0.5) is 0 Å². The van der Waals surface area contributed by atoms with E-state index in [0.29, 0.717) is 19.4 Å². The number of amides is 1. The monoisotopic (exact) mass is 872 g/mol. The maximum Gasteiger partial charge on any atom is 0.305 e. The second kappa shape index (κ2) is 51.7. The molecule has 0 aliphatic rings. The van der Waals surface area contributed by atoms with Crippen LogP contribution in [0.5, 0.6) is 0 Å². The average molecular weight is 872 g/mol. The molecule has 364 valence electrons. The normalized spacial score (nSPS) is 12.9. The third kappa shape index (κ3) is 47.6. The highest BCUT2D eigenvalue weighted by molar-refractivity contribution is 5.76. The molecule has 6 heteroatoms. The minimum absolute atomic E-state index is 0.0454. The first kappa shape index (κ1) is 60.1. The molecule has 3 N–H and O–H groups in total. The summed E-state index contributed by atoms with van der Waals surface area (Å²) < 4.78 is 5.44. The highest BCUT2D eigenvalue weighted by Gasteiger charge is 2.17. The van der Waals surface area contributed by atoms with E-state index in [9.17, 15) is 19.8 Å². The van der Waals surface area contributed by atoms with E-state index in [4.69, 9.17) is 4.74 Å². The number of hydrogen-bond acceptors (Lipinski definition) is 5. The zero-order valence-corrected chi connectivity index (χ0v) is 41.4. The number of allylic oxidation sites excluding steroid dienone is 5. The van der Waals surface area contributed by atoms with E-state index < -0.39 is 12.1 Å². The second-order valence-corrected chi connectivity index (χ2v) is 18.5. The molecule has 0 fully saturated rings. The Bertz CT molecular complexity index is 1010. The summed E-state index contributed by atoms with van der Waals surface area (Å²) in [5.41, 5.74) is 0. The van der Waals surface area contributed by atoms with E-state index in [1.54, 1.807) is 6.08 Å². The molecule has 0 rings (SSSR count). The molecule has 0 radical (unpaired) electrons. The van der Waals surface area contributed by atoms with Gasteiger partial charge in [0.25, 0.3) is 0 Å². The van der Waals surface area contributed by atoms with Gasteiger partial charge in [-0.3, -0.25) is 9.59 Å². The van der Waals surface area contributed by atoms with Crippen molar-refractivity contribution in [3.05, 3.63) is 36.5 Å². The lowest BCUT2D eigenvalue weighted by Gasteiger charge is -2.19. The van der Waals surface area contributed by atoms with E-state index in [-0.39, 0.29) is 18.5 Å². The molecule has 0 aliphatic heterocycles. The van der Waals surface area contributed by atoms with Gasteiger partial charge < -0.3 is 20.3 Å². The minimum Gasteiger partial charge on any atom is -0.466 e. The van der Waals surface area contributed by atoms with E-state index in [0.717, 1.165) is 70.6 Å². The molecule has 0 saturated carbocycles. The molecule has 0 aromatic heterocycles. The van der Waals surface area contributed by atoms with Crippen molar-refractivity contribution in [1.29, 1.82) is 0 Å². The van der Waals surface area contributed by atoms with Crippen molar-refractivity contribution >= 4 is 11.9 Å². The zero-order valence-electron chi connectivity index (χ0n) is 41.4. The van der Waals surface area contributed by atoms with E-state index in [1.807, 2.05) is 6.08 Å². The third-order valence-electron chi connectivity index (χ3n) is 12.4. The Morgan fingerprint density at radius 3 is 1.18 bits per heavy atom. The van der Waals surface area contributed by atoms with Crippen molar-refractivity contribution in [3.63, 3.8) is 0 Å². The van der Waals surface area contributed by atoms with Crippen molar-refractivity contribution in [1.82, 2.24) is 5.32 Å². The van der Waals surface area contributed by atoms with Gasteiger partial charge in [-0.1, -0.05) is 230 Å². The van der Waals surface area contributed by atoms with Gasteiger partial charge >= 0.3 is 5.97 Å². The lowest BCUT2D eigenvalue weighted by molar-refractivity contribution is -0.143. The van der Waals surface area contributed by atoms with Crippen LogP contribution in [0, 0.1) is 0 Å². The molecule has 0 spiro atoms. The molecule has 62 heavy (non-hydrogen) atoms. The van der Waals surface area contributed by atoms with Crippen LogP contribution < -0.4 is 5.32 Å². The quantitative estimate of drug-likeness (QED) is 0.0321. The highest BCUT2D eigenvalue weighted by Crippen LogP contribution is 2.16. The Morgan fingerprint density at radius 2 is 0.774 bits per heavy atom. The zero-order chi connectivity index (χ0) is 45.1. The van der Waals surface area contributed by atoms with Gasteiger partial charge in [0, 0.05) is 12.8 Å². The highest BCUT2D eigenvalue weighted by atomic mass is 16.5. The molecule has 0 heterocycles. The van der Waals surface area contributed by atoms with E-state index in [1.165, 1.54) is 186 Å². The summed E-state index contributed by atoms with van der Waals surface area (Å²) in [5, 5.41) is 23.1. The van der Waals surface area contributed by atoms with Crippen molar-refractivity contribution in [3.8, 4) is 0 Å². The lowest BCUT2D eigenvalue weighted by atomic mass is 10.0. The number of carbonyl (C=O) groups is 2. The van der Waals surface area contributed by atoms with Gasteiger partial charge in [-0.15, -0.1) is 0 Å². The molecule has 0 aromatic carbocycles. The number of aliphatic hydroxyl groups excluding tert-OH is 2. The fraction of sp³-hybridized carbons (Fsp3) is 0.857. The van der Waals surface area contributed by atoms with Crippen LogP contribution in [-0.4, -0.2) is 47.4 Å². The Hall–Kier alpha value is -1.92. The molecule has 0 bridgehead atoms. The van der Waals surface area contributed by atoms with Gasteiger partial charge in [0.15, 0.2) is 0 Å². The fourth-order valence-corrected chi connectivity index (χ4v) is 8.16. The van der Waals surface area contributed by atoms with Gasteiger partial charge in [-0.05, 0) is 77.0 Å². The largest absolute Gasteiger partial charge is 0.466 e. The summed E-state index contributed by atoms with van der Waals surface area (Å²) in [6.07, 6.45) is 63.0. The van der Waals surface area contributed by atoms with Gasteiger partial charge in [0.05, 0.1) is 25.4 Å². The number of esters is 1. The lowest BCUT2D eigenvalue weighted by Crippen LogP contribution is -2.45. The van der Waals surface area contributed by atoms with Gasteiger partial charge in [0.1, 0.15) is 0 Å². The van der Waals surface area contributed by atoms with Crippen molar-refractivity contribution < 1.29 is 24.5 Å². The van der Waals surface area contributed by atoms with Crippen LogP contribution in [0.3, 0.4) is 0 Å². The van der Waals surface area contributed by atoms with Gasteiger partial charge in [-0.25, -0.2) is 0 Å². The van der Waals surface area contributed by atoms with Crippen molar-refractivity contribution in [2.24, 2.45) is 0 Å². The molecule has 0 aromatic rings. The predicted octanol–water partition coefficient (Wildman–Crippen LogP) is 16.5. The van der Waals surface area contributed by atoms with E-state index >= 15 is 0 Å². The summed E-state index contributed by atoms with van der Waals surface area (Å²) in [6, 6.07) is -0.667. The number of nitrogens with one attached hydrogen (secondary N) is 1. The smallest absolute Gasteiger partial charge is 0.305 e. The van der Waals surface area contributed by atoms with Gasteiger partial charge in [-0.2, -0.15) is 0 Å². The third-order valence-corrected chi connectivity index (χ3v) is 12.4. The number of rotatable bonds is 50. The van der Waals surface area contributed by atoms with Crippen LogP contribution >= 0.6 is 0 Å². The maximum absolute atomic E-state index is 12.4. The van der Waals surface area contributed by atoms with Crippen LogP contribution in [0.25, 0.3) is 0 Å². The summed E-state index contributed by atoms with van der Waals surface area (Å²) in [4.78, 5) is 24.5. The molecular formula is C56H105NO5. The fourth-order valence-electron chi connectivity index (χ4n) is 8.16. The first-order valence-corrected chi connectivity index (χ1v) is 27.3. The molecule has 6 nitrogen and oxygen atoms in total. The first-order chi connectivity index (χ1) is 30.5. The number of carbonyl (C=O) groups excluding carboxylic acids is 2. The second-order valence-electron chi connectivity index (χ2n) is 18.5. The number of hydrogen-bond donors (Lipinski definition) is 3. The standard InChI is InChI=1S/C56H105NO5/c1-3-5-7-9-11-13-15-17-19-21-22-23-24-25-27-29-32-36-40-44-48-54(59)53(52-58)57-55(60)49-45-41-37-33-31-35-39-43-47-51-62-56(61)50-46-42-38-34-30-28-26-20-18-16-14-12-10-8-6-4-2/h20,26,33,37,44,48,53-54,58-59H,3-19,21-25,27-32,34-36,38-43,45-47,49-52H2,1-2H3,(H,57,60)/b26-20-,37-33-,48-44+. The molecule has 2 unspecified atom stereocenters. The number of unbranched alkanes of at least 4 members (excludes halogenated alkanes) is 35. The summed E-state index contributed by atoms with van der Waals surface area (Å²) in [6.45, 7) is 4.81. The molecule has 1 amide bonds. The molecular weight excluding hydrogens is 767 g/mol. The molecule has 0 saturated heterocycles. The van der Waals surface area contributed by atoms with E-state index in [2.05, 4.69) is 43.5 Å². The van der Waals surface area contributed by atoms with Crippen LogP contribution in [0.1, 0.15) is 284 Å². The molecule has 2 atom stereocenters. The minimum atomic E-state index is -0.877. The van der Waals surface area contributed by atoms with Crippen LogP contribution in [-0.2, 0) is 14.3 Å². The van der Waals surface area contributed by atoms with Crippen molar-refractivity contribution in [2.75, 3.05) is 13.2 Å². The Kier molecular flexibility index (Phi) is 50.1. The Balaban J connectivity index is 3.58. The number of ether oxygens (including phenoxy) is 1. The Labute approximate surface area is 385 Å².